The topological polar surface area (TPSA) is 64.0 Å². The van der Waals surface area contributed by atoms with Gasteiger partial charge in [0.15, 0.2) is 0 Å². The first-order valence-corrected chi connectivity index (χ1v) is 8.00. The minimum atomic E-state index is -3.51. The van der Waals surface area contributed by atoms with Crippen molar-refractivity contribution in [1.29, 1.82) is 0 Å². The lowest BCUT2D eigenvalue weighted by Crippen LogP contribution is -2.35. The molecule has 0 amide bonds. The van der Waals surface area contributed by atoms with Crippen molar-refractivity contribution in [2.24, 2.45) is 0 Å². The van der Waals surface area contributed by atoms with Crippen molar-refractivity contribution in [1.82, 2.24) is 14.5 Å². The maximum Gasteiger partial charge on any atom is 0.240 e. The highest BCUT2D eigenvalue weighted by molar-refractivity contribution is 9.10. The molecule has 1 N–H and O–H groups in total. The Balaban J connectivity index is 2.09. The Morgan fingerprint density at radius 2 is 2.21 bits per heavy atom. The molecule has 1 aromatic carbocycles. The fraction of sp³-hybridized carbons (Fsp3) is 0.250. The highest BCUT2D eigenvalue weighted by atomic mass is 79.9. The van der Waals surface area contributed by atoms with Crippen LogP contribution in [0.3, 0.4) is 0 Å². The van der Waals surface area contributed by atoms with E-state index in [0.717, 1.165) is 4.47 Å². The summed E-state index contributed by atoms with van der Waals surface area (Å²) < 4.78 is 29.4. The van der Waals surface area contributed by atoms with Crippen molar-refractivity contribution in [2.45, 2.75) is 24.4 Å². The fourth-order valence-electron chi connectivity index (χ4n) is 1.69. The largest absolute Gasteiger partial charge is 0.271 e. The van der Waals surface area contributed by atoms with Crippen molar-refractivity contribution >= 4 is 26.0 Å². The van der Waals surface area contributed by atoms with E-state index < -0.39 is 10.0 Å². The zero-order valence-corrected chi connectivity index (χ0v) is 12.7. The smallest absolute Gasteiger partial charge is 0.240 e. The number of rotatable bonds is 5. The van der Waals surface area contributed by atoms with Crippen LogP contribution in [0.1, 0.15) is 6.92 Å². The van der Waals surface area contributed by atoms with Crippen LogP contribution in [0, 0.1) is 0 Å². The Hall–Kier alpha value is -1.18. The average Bonchev–Trinajstić information content (AvgIpc) is 2.81. The quantitative estimate of drug-likeness (QED) is 0.903. The van der Waals surface area contributed by atoms with E-state index in [1.54, 1.807) is 54.3 Å². The predicted molar refractivity (Wildman–Crippen MR) is 76.2 cm³/mol. The van der Waals surface area contributed by atoms with E-state index in [-0.39, 0.29) is 10.9 Å². The summed E-state index contributed by atoms with van der Waals surface area (Å²) in [5.41, 5.74) is 0. The van der Waals surface area contributed by atoms with Gasteiger partial charge in [0.05, 0.1) is 11.4 Å². The minimum Gasteiger partial charge on any atom is -0.271 e. The molecule has 0 fully saturated rings. The van der Waals surface area contributed by atoms with Gasteiger partial charge in [0, 0.05) is 22.9 Å². The summed E-state index contributed by atoms with van der Waals surface area (Å²) in [4.78, 5) is 0.245. The molecule has 0 radical (unpaired) electrons. The summed E-state index contributed by atoms with van der Waals surface area (Å²) >= 11 is 3.26. The van der Waals surface area contributed by atoms with Crippen LogP contribution in [-0.4, -0.2) is 24.2 Å². The second-order valence-corrected chi connectivity index (χ2v) is 6.84. The third-order valence-electron chi connectivity index (χ3n) is 2.48. The molecule has 1 heterocycles. The molecule has 19 heavy (non-hydrogen) atoms. The second kappa shape index (κ2) is 5.85. The van der Waals surface area contributed by atoms with Gasteiger partial charge in [0.2, 0.25) is 10.0 Å². The Kier molecular flexibility index (Phi) is 4.38. The molecule has 0 spiro atoms. The number of sulfonamides is 1. The number of benzene rings is 1. The second-order valence-electron chi connectivity index (χ2n) is 4.21. The van der Waals surface area contributed by atoms with Gasteiger partial charge in [-0.15, -0.1) is 0 Å². The van der Waals surface area contributed by atoms with Crippen LogP contribution in [0.15, 0.2) is 52.1 Å². The molecule has 0 saturated carbocycles. The molecule has 0 aliphatic rings. The van der Waals surface area contributed by atoms with E-state index in [2.05, 4.69) is 25.8 Å². The number of halogens is 1. The number of nitrogens with one attached hydrogen (secondary N) is 1. The van der Waals surface area contributed by atoms with Crippen LogP contribution in [0.2, 0.25) is 0 Å². The van der Waals surface area contributed by atoms with E-state index in [9.17, 15) is 8.42 Å². The minimum absolute atomic E-state index is 0.245. The summed E-state index contributed by atoms with van der Waals surface area (Å²) in [5, 5.41) is 4.05. The van der Waals surface area contributed by atoms with E-state index in [1.807, 2.05) is 0 Å². The molecule has 0 unspecified atom stereocenters. The zero-order valence-electron chi connectivity index (χ0n) is 10.3. The van der Waals surface area contributed by atoms with Gasteiger partial charge in [0.25, 0.3) is 0 Å². The lowest BCUT2D eigenvalue weighted by molar-refractivity contribution is 0.494. The Morgan fingerprint density at radius 3 is 2.84 bits per heavy atom. The van der Waals surface area contributed by atoms with Crippen molar-refractivity contribution in [3.05, 3.63) is 47.2 Å². The Bertz CT molecular complexity index is 641. The van der Waals surface area contributed by atoms with E-state index >= 15 is 0 Å². The molecule has 0 bridgehead atoms. The summed E-state index contributed by atoms with van der Waals surface area (Å²) in [7, 11) is -3.51. The van der Waals surface area contributed by atoms with Crippen LogP contribution in [0.25, 0.3) is 0 Å². The Labute approximate surface area is 120 Å². The molecule has 0 aliphatic heterocycles. The van der Waals surface area contributed by atoms with Gasteiger partial charge in [0.1, 0.15) is 0 Å². The maximum atomic E-state index is 12.2. The Morgan fingerprint density at radius 1 is 1.42 bits per heavy atom. The van der Waals surface area contributed by atoms with Gasteiger partial charge in [-0.1, -0.05) is 22.0 Å². The van der Waals surface area contributed by atoms with Crippen molar-refractivity contribution in [3.63, 3.8) is 0 Å². The van der Waals surface area contributed by atoms with E-state index in [0.29, 0.717) is 6.54 Å². The average molecular weight is 344 g/mol. The van der Waals surface area contributed by atoms with Crippen molar-refractivity contribution < 1.29 is 8.42 Å². The number of hydrogen-bond acceptors (Lipinski definition) is 3. The summed E-state index contributed by atoms with van der Waals surface area (Å²) in [6.45, 7) is 2.29. The van der Waals surface area contributed by atoms with Crippen LogP contribution < -0.4 is 4.72 Å². The van der Waals surface area contributed by atoms with Crippen molar-refractivity contribution in [2.75, 3.05) is 0 Å². The maximum absolute atomic E-state index is 12.2. The first kappa shape index (κ1) is 14.2. The molecule has 0 saturated heterocycles. The monoisotopic (exact) mass is 343 g/mol. The first-order chi connectivity index (χ1) is 8.97. The molecule has 1 aromatic heterocycles. The lowest BCUT2D eigenvalue weighted by Gasteiger charge is -2.14. The molecule has 5 nitrogen and oxygen atoms in total. The molecular formula is C12H14BrN3O2S. The molecule has 7 heteroatoms. The molecule has 2 aromatic rings. The summed E-state index contributed by atoms with van der Waals surface area (Å²) in [6.07, 6.45) is 3.46. The fourth-order valence-corrected chi connectivity index (χ4v) is 3.52. The van der Waals surface area contributed by atoms with E-state index in [4.69, 9.17) is 0 Å². The molecule has 0 aliphatic carbocycles. The van der Waals surface area contributed by atoms with Crippen LogP contribution in [0.4, 0.5) is 0 Å². The molecule has 1 atom stereocenters. The van der Waals surface area contributed by atoms with Crippen LogP contribution in [0.5, 0.6) is 0 Å². The van der Waals surface area contributed by atoms with E-state index in [1.165, 1.54) is 0 Å². The number of nitrogens with zero attached hydrogens (tertiary/aromatic N) is 2. The standard InChI is InChI=1S/C12H14BrN3O2S/c1-10(9-16-7-3-6-14-16)15-19(17,18)12-5-2-4-11(13)8-12/h2-8,10,15H,9H2,1H3/t10-/m1/s1. The summed E-state index contributed by atoms with van der Waals surface area (Å²) in [5.74, 6) is 0. The van der Waals surface area contributed by atoms with Crippen LogP contribution >= 0.6 is 15.9 Å². The third-order valence-corrected chi connectivity index (χ3v) is 4.56. The molecule has 2 rings (SSSR count). The van der Waals surface area contributed by atoms with Gasteiger partial charge < -0.3 is 0 Å². The van der Waals surface area contributed by atoms with Gasteiger partial charge in [-0.2, -0.15) is 5.10 Å². The highest BCUT2D eigenvalue weighted by Crippen LogP contribution is 2.16. The van der Waals surface area contributed by atoms with Crippen molar-refractivity contribution in [3.8, 4) is 0 Å². The molecule has 102 valence electrons. The predicted octanol–water partition coefficient (Wildman–Crippen LogP) is 2.01. The van der Waals surface area contributed by atoms with Crippen LogP contribution in [-0.2, 0) is 16.6 Å². The summed E-state index contributed by atoms with van der Waals surface area (Å²) in [6, 6.07) is 8.17. The normalized spacial score (nSPS) is 13.4. The van der Waals surface area contributed by atoms with Gasteiger partial charge in [-0.3, -0.25) is 4.68 Å². The molecular weight excluding hydrogens is 330 g/mol. The van der Waals surface area contributed by atoms with Gasteiger partial charge >= 0.3 is 0 Å². The zero-order chi connectivity index (χ0) is 13.9. The van der Waals surface area contributed by atoms with Gasteiger partial charge in [-0.25, -0.2) is 13.1 Å². The highest BCUT2D eigenvalue weighted by Gasteiger charge is 2.17. The van der Waals surface area contributed by atoms with Gasteiger partial charge in [-0.05, 0) is 31.2 Å². The third kappa shape index (κ3) is 3.89. The SMILES string of the molecule is C[C@H](Cn1cccn1)NS(=O)(=O)c1cccc(Br)c1. The number of aromatic nitrogens is 2. The first-order valence-electron chi connectivity index (χ1n) is 5.73. The number of hydrogen-bond donors (Lipinski definition) is 1. The lowest BCUT2D eigenvalue weighted by atomic mass is 10.4.